The van der Waals surface area contributed by atoms with Gasteiger partial charge in [0.05, 0.1) is 12.5 Å². The number of carboxylic acid groups (broad SMARTS) is 1. The number of hydrogen-bond donors (Lipinski definition) is 1. The van der Waals surface area contributed by atoms with Crippen molar-refractivity contribution in [1.82, 2.24) is 0 Å². The molecule has 35 heavy (non-hydrogen) atoms. The molecular formula is C31H40O4. The van der Waals surface area contributed by atoms with Crippen molar-refractivity contribution in [2.45, 2.75) is 96.5 Å². The topological polar surface area (TPSA) is 55.8 Å². The second kappa shape index (κ2) is 9.52. The predicted octanol–water partition coefficient (Wildman–Crippen LogP) is 7.42. The van der Waals surface area contributed by atoms with Gasteiger partial charge in [-0.2, -0.15) is 0 Å². The Morgan fingerprint density at radius 1 is 1.03 bits per heavy atom. The number of aryl methyl sites for hydroxylation is 1. The zero-order valence-electron chi connectivity index (χ0n) is 21.6. The minimum Gasteiger partial charge on any atom is -0.493 e. The summed E-state index contributed by atoms with van der Waals surface area (Å²) < 4.78 is 12.5. The van der Waals surface area contributed by atoms with Crippen molar-refractivity contribution in [2.24, 2.45) is 11.3 Å². The molecule has 3 unspecified atom stereocenters. The van der Waals surface area contributed by atoms with E-state index in [1.807, 2.05) is 0 Å². The second-order valence-corrected chi connectivity index (χ2v) is 11.7. The number of aliphatic carboxylic acids is 1. The first-order valence-electron chi connectivity index (χ1n) is 13.6. The lowest BCUT2D eigenvalue weighted by Gasteiger charge is -2.51. The van der Waals surface area contributed by atoms with Gasteiger partial charge in [0.1, 0.15) is 18.1 Å². The number of ether oxygens (including phenoxy) is 2. The van der Waals surface area contributed by atoms with Crippen molar-refractivity contribution in [1.29, 1.82) is 0 Å². The first-order chi connectivity index (χ1) is 16.8. The van der Waals surface area contributed by atoms with E-state index < -0.39 is 5.97 Å². The Hall–Kier alpha value is -2.49. The van der Waals surface area contributed by atoms with E-state index in [-0.39, 0.29) is 16.7 Å². The molecule has 1 N–H and O–H groups in total. The molecule has 3 atom stereocenters. The molecule has 0 heterocycles. The molecule has 2 aromatic carbocycles. The Bertz CT molecular complexity index is 1090. The fourth-order valence-electron chi connectivity index (χ4n) is 7.05. The average molecular weight is 477 g/mol. The highest BCUT2D eigenvalue weighted by molar-refractivity contribution is 5.74. The molecule has 4 nitrogen and oxygen atoms in total. The molecule has 4 heteroatoms. The van der Waals surface area contributed by atoms with Gasteiger partial charge < -0.3 is 14.6 Å². The van der Waals surface area contributed by atoms with Crippen LogP contribution >= 0.6 is 0 Å². The van der Waals surface area contributed by atoms with Gasteiger partial charge in [-0.25, -0.2) is 0 Å². The quantitative estimate of drug-likeness (QED) is 0.431. The first kappa shape index (κ1) is 24.2. The lowest BCUT2D eigenvalue weighted by molar-refractivity contribution is -0.150. The minimum absolute atomic E-state index is 0.196. The number of benzene rings is 2. The molecule has 2 fully saturated rings. The molecule has 2 saturated carbocycles. The fraction of sp³-hybridized carbons (Fsp3) is 0.581. The molecule has 0 radical (unpaired) electrons. The van der Waals surface area contributed by atoms with Crippen LogP contribution in [0.25, 0.3) is 0 Å². The highest BCUT2D eigenvalue weighted by Crippen LogP contribution is 2.56. The molecule has 0 aromatic heterocycles. The van der Waals surface area contributed by atoms with E-state index in [4.69, 9.17) is 9.47 Å². The zero-order valence-corrected chi connectivity index (χ0v) is 21.6. The summed E-state index contributed by atoms with van der Waals surface area (Å²) in [6.45, 7) is 8.15. The summed E-state index contributed by atoms with van der Waals surface area (Å²) in [5, 5.41) is 9.79. The van der Waals surface area contributed by atoms with Crippen molar-refractivity contribution < 1.29 is 19.4 Å². The van der Waals surface area contributed by atoms with Crippen LogP contribution in [-0.2, 0) is 23.2 Å². The van der Waals surface area contributed by atoms with Gasteiger partial charge in [-0.1, -0.05) is 39.3 Å². The maximum Gasteiger partial charge on any atom is 0.307 e. The van der Waals surface area contributed by atoms with Crippen molar-refractivity contribution in [3.63, 3.8) is 0 Å². The van der Waals surface area contributed by atoms with Crippen molar-refractivity contribution in [2.75, 3.05) is 6.61 Å². The Kier molecular flexibility index (Phi) is 6.59. The average Bonchev–Trinajstić information content (AvgIpc) is 3.18. The van der Waals surface area contributed by atoms with Crippen molar-refractivity contribution in [3.8, 4) is 11.5 Å². The monoisotopic (exact) mass is 476 g/mol. The smallest absolute Gasteiger partial charge is 0.307 e. The molecule has 0 amide bonds. The summed E-state index contributed by atoms with van der Waals surface area (Å²) >= 11 is 0. The third kappa shape index (κ3) is 4.45. The van der Waals surface area contributed by atoms with Gasteiger partial charge in [0.15, 0.2) is 0 Å². The van der Waals surface area contributed by atoms with E-state index in [1.165, 1.54) is 36.0 Å². The molecule has 3 aliphatic carbocycles. The normalized spacial score (nSPS) is 26.7. The van der Waals surface area contributed by atoms with Crippen molar-refractivity contribution in [3.05, 3.63) is 58.7 Å². The summed E-state index contributed by atoms with van der Waals surface area (Å²) in [4.78, 5) is 11.9. The molecule has 188 valence electrons. The van der Waals surface area contributed by atoms with Crippen LogP contribution in [0.4, 0.5) is 0 Å². The number of rotatable bonds is 8. The SMILES string of the molecule is CCCOc1ccc(COc2ccc3c(c2)C2(CCC3)CCC2C(=O)O)cc1C1CCCC1(C)C. The minimum atomic E-state index is -0.650. The van der Waals surface area contributed by atoms with Crippen molar-refractivity contribution >= 4 is 5.97 Å². The lowest BCUT2D eigenvalue weighted by Crippen LogP contribution is -2.50. The van der Waals surface area contributed by atoms with Crippen LogP contribution in [-0.4, -0.2) is 17.7 Å². The second-order valence-electron chi connectivity index (χ2n) is 11.7. The maximum atomic E-state index is 11.9. The molecule has 5 rings (SSSR count). The van der Waals surface area contributed by atoms with Crippen LogP contribution in [0.3, 0.4) is 0 Å². The van der Waals surface area contributed by atoms with Gasteiger partial charge in [-0.3, -0.25) is 4.79 Å². The third-order valence-corrected chi connectivity index (χ3v) is 9.11. The van der Waals surface area contributed by atoms with E-state index in [0.29, 0.717) is 12.5 Å². The molecule has 0 saturated heterocycles. The van der Waals surface area contributed by atoms with Gasteiger partial charge in [-0.15, -0.1) is 0 Å². The van der Waals surface area contributed by atoms with E-state index in [0.717, 1.165) is 62.2 Å². The number of hydrogen-bond acceptors (Lipinski definition) is 3. The molecule has 3 aliphatic rings. The van der Waals surface area contributed by atoms with Crippen LogP contribution in [0.15, 0.2) is 36.4 Å². The van der Waals surface area contributed by atoms with E-state index in [2.05, 4.69) is 57.2 Å². The predicted molar refractivity (Wildman–Crippen MR) is 138 cm³/mol. The molecule has 1 spiro atoms. The molecule has 0 bridgehead atoms. The summed E-state index contributed by atoms with van der Waals surface area (Å²) in [7, 11) is 0. The fourth-order valence-corrected chi connectivity index (χ4v) is 7.05. The lowest BCUT2D eigenvalue weighted by atomic mass is 9.52. The Morgan fingerprint density at radius 3 is 2.57 bits per heavy atom. The van der Waals surface area contributed by atoms with Gasteiger partial charge in [0, 0.05) is 5.41 Å². The summed E-state index contributed by atoms with van der Waals surface area (Å²) in [5.74, 6) is 1.46. The zero-order chi connectivity index (χ0) is 24.6. The Morgan fingerprint density at radius 2 is 1.89 bits per heavy atom. The van der Waals surface area contributed by atoms with Gasteiger partial charge in [-0.05, 0) is 109 Å². The highest BCUT2D eigenvalue weighted by atomic mass is 16.5. The van der Waals surface area contributed by atoms with E-state index in [1.54, 1.807) is 0 Å². The summed E-state index contributed by atoms with van der Waals surface area (Å²) in [5.41, 5.74) is 5.09. The van der Waals surface area contributed by atoms with Crippen LogP contribution in [0.1, 0.15) is 100 Å². The largest absolute Gasteiger partial charge is 0.493 e. The van der Waals surface area contributed by atoms with E-state index in [9.17, 15) is 9.90 Å². The number of carboxylic acids is 1. The maximum absolute atomic E-state index is 11.9. The van der Waals surface area contributed by atoms with Gasteiger partial charge in [0.25, 0.3) is 0 Å². The number of fused-ring (bicyclic) bond motifs is 2. The standard InChI is InChI=1S/C31H40O4/c1-4-17-34-28-12-9-21(18-24(28)25-8-6-14-30(25,2)3)20-35-23-11-10-22-7-5-15-31(27(22)19-23)16-13-26(31)29(32)33/h9-12,18-19,25-26H,4-8,13-17,20H2,1-3H3,(H,32,33). The molecular weight excluding hydrogens is 436 g/mol. The van der Waals surface area contributed by atoms with Gasteiger partial charge >= 0.3 is 5.97 Å². The van der Waals surface area contributed by atoms with Gasteiger partial charge in [0.2, 0.25) is 0 Å². The molecule has 0 aliphatic heterocycles. The number of carbonyl (C=O) groups is 1. The Labute approximate surface area is 210 Å². The van der Waals surface area contributed by atoms with Crippen LogP contribution in [0.2, 0.25) is 0 Å². The first-order valence-corrected chi connectivity index (χ1v) is 13.6. The van der Waals surface area contributed by atoms with Crippen LogP contribution in [0, 0.1) is 11.3 Å². The Balaban J connectivity index is 1.37. The summed E-state index contributed by atoms with van der Waals surface area (Å²) in [6, 6.07) is 12.9. The third-order valence-electron chi connectivity index (χ3n) is 9.11. The van der Waals surface area contributed by atoms with Crippen LogP contribution < -0.4 is 9.47 Å². The molecule has 2 aromatic rings. The van der Waals surface area contributed by atoms with E-state index >= 15 is 0 Å². The van der Waals surface area contributed by atoms with Crippen LogP contribution in [0.5, 0.6) is 11.5 Å². The summed E-state index contributed by atoms with van der Waals surface area (Å²) in [6.07, 6.45) is 9.55. The highest BCUT2D eigenvalue weighted by Gasteiger charge is 2.53.